The van der Waals surface area contributed by atoms with Crippen LogP contribution in [0.2, 0.25) is 0 Å². The zero-order valence-corrected chi connectivity index (χ0v) is 9.93. The molecule has 1 heterocycles. The Kier molecular flexibility index (Phi) is 2.49. The Morgan fingerprint density at radius 1 is 1.53 bits per heavy atom. The van der Waals surface area contributed by atoms with Crippen LogP contribution >= 0.6 is 0 Å². The third-order valence-electron chi connectivity index (χ3n) is 4.08. The summed E-state index contributed by atoms with van der Waals surface area (Å²) < 4.78 is 0. The van der Waals surface area contributed by atoms with Crippen LogP contribution in [0.15, 0.2) is 0 Å². The summed E-state index contributed by atoms with van der Waals surface area (Å²) in [6.45, 7) is 7.00. The van der Waals surface area contributed by atoms with Crippen molar-refractivity contribution in [1.29, 1.82) is 0 Å². The molecule has 0 aliphatic heterocycles. The van der Waals surface area contributed by atoms with E-state index >= 15 is 0 Å². The van der Waals surface area contributed by atoms with Gasteiger partial charge in [0.2, 0.25) is 0 Å². The molecule has 1 atom stereocenters. The normalized spacial score (nSPS) is 21.4. The fraction of sp³-hybridized carbons (Fsp3) is 0.750. The first-order valence-corrected chi connectivity index (χ1v) is 5.86. The van der Waals surface area contributed by atoms with Crippen molar-refractivity contribution < 1.29 is 0 Å². The Morgan fingerprint density at radius 3 is 2.93 bits per heavy atom. The second kappa shape index (κ2) is 3.54. The summed E-state index contributed by atoms with van der Waals surface area (Å²) in [4.78, 5) is 7.51. The van der Waals surface area contributed by atoms with Gasteiger partial charge in [0.25, 0.3) is 0 Å². The van der Waals surface area contributed by atoms with E-state index < -0.39 is 0 Å². The van der Waals surface area contributed by atoms with Crippen LogP contribution in [0.1, 0.15) is 45.0 Å². The first-order valence-electron chi connectivity index (χ1n) is 5.86. The van der Waals surface area contributed by atoms with E-state index in [1.165, 1.54) is 24.2 Å². The quantitative estimate of drug-likeness (QED) is 0.783. The van der Waals surface area contributed by atoms with Gasteiger partial charge in [0, 0.05) is 5.69 Å². The van der Waals surface area contributed by atoms with E-state index in [1.807, 2.05) is 0 Å². The largest absolute Gasteiger partial charge is 0.369 e. The maximum absolute atomic E-state index is 5.68. The summed E-state index contributed by atoms with van der Waals surface area (Å²) in [6.07, 6.45) is 4.67. The number of nitrogens with zero attached hydrogens (tertiary/aromatic N) is 1. The van der Waals surface area contributed by atoms with Crippen LogP contribution in [-0.4, -0.2) is 9.97 Å². The van der Waals surface area contributed by atoms with Gasteiger partial charge in [-0.25, -0.2) is 4.98 Å². The molecule has 1 aromatic rings. The van der Waals surface area contributed by atoms with E-state index in [2.05, 4.69) is 30.7 Å². The summed E-state index contributed by atoms with van der Waals surface area (Å²) in [6, 6.07) is 0. The van der Waals surface area contributed by atoms with Crippen molar-refractivity contribution >= 4 is 5.95 Å². The predicted octanol–water partition coefficient (Wildman–Crippen LogP) is 2.53. The number of aromatic amines is 1. The van der Waals surface area contributed by atoms with Crippen LogP contribution in [0.4, 0.5) is 5.95 Å². The van der Waals surface area contributed by atoms with E-state index in [1.54, 1.807) is 0 Å². The van der Waals surface area contributed by atoms with Gasteiger partial charge in [-0.15, -0.1) is 0 Å². The Morgan fingerprint density at radius 2 is 2.27 bits per heavy atom. The highest BCUT2D eigenvalue weighted by atomic mass is 15.0. The molecule has 0 aromatic carbocycles. The first kappa shape index (κ1) is 10.5. The minimum Gasteiger partial charge on any atom is -0.369 e. The number of anilines is 1. The van der Waals surface area contributed by atoms with Gasteiger partial charge in [0.15, 0.2) is 5.95 Å². The van der Waals surface area contributed by atoms with Gasteiger partial charge in [-0.3, -0.25) is 0 Å². The maximum Gasteiger partial charge on any atom is 0.197 e. The number of hydrogen-bond acceptors (Lipinski definition) is 2. The van der Waals surface area contributed by atoms with E-state index in [4.69, 9.17) is 5.73 Å². The molecule has 84 valence electrons. The molecule has 0 saturated heterocycles. The van der Waals surface area contributed by atoms with Crippen LogP contribution in [0.5, 0.6) is 0 Å². The highest BCUT2D eigenvalue weighted by Gasteiger charge is 2.32. The standard InChI is InChI=1S/C12H21N3/c1-4-12(2,3)8-5-6-9-10(7-8)15-11(13)14-9/h8H,4-7H2,1-3H3,(H3,13,14,15). The third-order valence-corrected chi connectivity index (χ3v) is 4.08. The molecule has 1 aromatic heterocycles. The Bertz CT molecular complexity index is 352. The zero-order chi connectivity index (χ0) is 11.1. The molecule has 1 aliphatic carbocycles. The number of rotatable bonds is 2. The fourth-order valence-electron chi connectivity index (χ4n) is 2.46. The number of fused-ring (bicyclic) bond motifs is 1. The molecule has 1 aliphatic rings. The predicted molar refractivity (Wildman–Crippen MR) is 62.6 cm³/mol. The van der Waals surface area contributed by atoms with Gasteiger partial charge in [-0.1, -0.05) is 27.2 Å². The van der Waals surface area contributed by atoms with Crippen LogP contribution in [0.3, 0.4) is 0 Å². The number of nitrogen functional groups attached to an aromatic ring is 1. The van der Waals surface area contributed by atoms with Crippen molar-refractivity contribution in [3.05, 3.63) is 11.4 Å². The highest BCUT2D eigenvalue weighted by Crippen LogP contribution is 2.39. The Balaban J connectivity index is 2.18. The van der Waals surface area contributed by atoms with E-state index in [0.29, 0.717) is 11.4 Å². The number of hydrogen-bond donors (Lipinski definition) is 2. The number of nitrogens with two attached hydrogens (primary N) is 1. The molecule has 0 spiro atoms. The van der Waals surface area contributed by atoms with Crippen LogP contribution in [0, 0.1) is 11.3 Å². The van der Waals surface area contributed by atoms with Crippen molar-refractivity contribution in [2.45, 2.75) is 46.5 Å². The van der Waals surface area contributed by atoms with Crippen molar-refractivity contribution in [2.75, 3.05) is 5.73 Å². The van der Waals surface area contributed by atoms with Crippen molar-refractivity contribution in [3.8, 4) is 0 Å². The van der Waals surface area contributed by atoms with Crippen molar-refractivity contribution in [2.24, 2.45) is 11.3 Å². The fourth-order valence-corrected chi connectivity index (χ4v) is 2.46. The van der Waals surface area contributed by atoms with Crippen LogP contribution < -0.4 is 5.73 Å². The number of H-pyrrole nitrogens is 1. The number of nitrogens with one attached hydrogen (secondary N) is 1. The van der Waals surface area contributed by atoms with Gasteiger partial charge in [-0.2, -0.15) is 0 Å². The lowest BCUT2D eigenvalue weighted by Crippen LogP contribution is -2.29. The molecule has 1 unspecified atom stereocenters. The van der Waals surface area contributed by atoms with Crippen LogP contribution in [-0.2, 0) is 12.8 Å². The topological polar surface area (TPSA) is 54.7 Å². The van der Waals surface area contributed by atoms with Gasteiger partial charge in [-0.05, 0) is 30.6 Å². The number of imidazole rings is 1. The first-order chi connectivity index (χ1) is 7.03. The Hall–Kier alpha value is -0.990. The summed E-state index contributed by atoms with van der Waals surface area (Å²) in [5.74, 6) is 1.34. The van der Waals surface area contributed by atoms with E-state index in [0.717, 1.165) is 18.8 Å². The molecule has 0 saturated carbocycles. The molecule has 0 radical (unpaired) electrons. The second-order valence-corrected chi connectivity index (χ2v) is 5.33. The van der Waals surface area contributed by atoms with Gasteiger partial charge in [0.1, 0.15) is 0 Å². The summed E-state index contributed by atoms with van der Waals surface area (Å²) in [7, 11) is 0. The molecule has 3 N–H and O–H groups in total. The highest BCUT2D eigenvalue weighted by molar-refractivity contribution is 5.28. The molecule has 0 bridgehead atoms. The number of aromatic nitrogens is 2. The van der Waals surface area contributed by atoms with E-state index in [-0.39, 0.29) is 0 Å². The molecular weight excluding hydrogens is 186 g/mol. The van der Waals surface area contributed by atoms with Crippen molar-refractivity contribution in [3.63, 3.8) is 0 Å². The van der Waals surface area contributed by atoms with Gasteiger partial charge >= 0.3 is 0 Å². The summed E-state index contributed by atoms with van der Waals surface area (Å²) in [5, 5.41) is 0. The third kappa shape index (κ3) is 1.87. The molecule has 3 nitrogen and oxygen atoms in total. The molecule has 0 fully saturated rings. The smallest absolute Gasteiger partial charge is 0.197 e. The summed E-state index contributed by atoms with van der Waals surface area (Å²) in [5.41, 5.74) is 8.57. The van der Waals surface area contributed by atoms with Gasteiger partial charge < -0.3 is 10.7 Å². The molecule has 0 amide bonds. The minimum absolute atomic E-state index is 0.428. The summed E-state index contributed by atoms with van der Waals surface area (Å²) >= 11 is 0. The molecule has 3 heteroatoms. The molecular formula is C12H21N3. The second-order valence-electron chi connectivity index (χ2n) is 5.33. The maximum atomic E-state index is 5.68. The van der Waals surface area contributed by atoms with E-state index in [9.17, 15) is 0 Å². The van der Waals surface area contributed by atoms with Gasteiger partial charge in [0.05, 0.1) is 5.69 Å². The zero-order valence-electron chi connectivity index (χ0n) is 9.93. The molecule has 2 rings (SSSR count). The minimum atomic E-state index is 0.428. The number of aryl methyl sites for hydroxylation is 1. The van der Waals surface area contributed by atoms with Crippen LogP contribution in [0.25, 0.3) is 0 Å². The lowest BCUT2D eigenvalue weighted by molar-refractivity contribution is 0.181. The monoisotopic (exact) mass is 207 g/mol. The SMILES string of the molecule is CCC(C)(C)C1CCc2nc(N)[nH]c2C1. The Labute approximate surface area is 91.5 Å². The average molecular weight is 207 g/mol. The average Bonchev–Trinajstić information content (AvgIpc) is 2.56. The van der Waals surface area contributed by atoms with Crippen molar-refractivity contribution in [1.82, 2.24) is 9.97 Å². The molecule has 15 heavy (non-hydrogen) atoms. The lowest BCUT2D eigenvalue weighted by Gasteiger charge is -2.35. The lowest BCUT2D eigenvalue weighted by atomic mass is 9.70.